The van der Waals surface area contributed by atoms with Gasteiger partial charge in [-0.3, -0.25) is 16.0 Å². The number of fused-ring (bicyclic) bond motifs is 13. The van der Waals surface area contributed by atoms with Gasteiger partial charge in [0.1, 0.15) is 0 Å². The summed E-state index contributed by atoms with van der Waals surface area (Å²) in [6.07, 6.45) is 6.81. The second-order valence-corrected chi connectivity index (χ2v) is 22.5. The molecule has 0 amide bonds. The fourth-order valence-electron chi connectivity index (χ4n) is 34.9. The number of rotatable bonds is 0. The summed E-state index contributed by atoms with van der Waals surface area (Å²) in [6, 6.07) is 0.940. The molecule has 0 aromatic carbocycles. The van der Waals surface area contributed by atoms with Crippen LogP contribution in [0, 0.1) is 154 Å². The molecule has 6 aliphatic heterocycles. The van der Waals surface area contributed by atoms with E-state index in [4.69, 9.17) is 16.0 Å². The van der Waals surface area contributed by atoms with Crippen molar-refractivity contribution in [3.63, 3.8) is 0 Å². The van der Waals surface area contributed by atoms with Crippen molar-refractivity contribution in [2.75, 3.05) is 0 Å². The summed E-state index contributed by atoms with van der Waals surface area (Å²) in [6.45, 7) is 0. The molecule has 0 aromatic heterocycles. The minimum absolute atomic E-state index is 0.420. The molecule has 24 aliphatic rings. The van der Waals surface area contributed by atoms with Gasteiger partial charge in [0.25, 0.3) is 0 Å². The van der Waals surface area contributed by atoms with E-state index in [1.165, 1.54) is 59.2 Å². The van der Waals surface area contributed by atoms with E-state index in [0.29, 0.717) is 16.9 Å². The van der Waals surface area contributed by atoms with Crippen molar-refractivity contribution in [2.45, 2.75) is 48.6 Å². The Hall–Kier alpha value is -0.120. The molecule has 0 radical (unpaired) electrons. The van der Waals surface area contributed by atoms with Crippen LogP contribution in [0.25, 0.3) is 0 Å². The first-order valence-electron chi connectivity index (χ1n) is 18.1. The topological polar surface area (TPSA) is 36.1 Å². The van der Waals surface area contributed by atoms with Gasteiger partial charge in [0.2, 0.25) is 0 Å². The normalized spacial score (nSPS) is 126. The quantitative estimate of drug-likeness (QED) is 0.479. The summed E-state index contributed by atoms with van der Waals surface area (Å²) in [5, 5.41) is 14.6. The van der Waals surface area contributed by atoms with Crippen LogP contribution in [0.3, 0.4) is 0 Å². The van der Waals surface area contributed by atoms with E-state index >= 15 is 0 Å². The highest BCUT2D eigenvalue weighted by atomic mass is 15.7. The molecule has 3 heteroatoms. The van der Waals surface area contributed by atoms with Gasteiger partial charge in [-0.15, -0.1) is 0 Å². The second-order valence-electron chi connectivity index (χ2n) is 22.5. The van der Waals surface area contributed by atoms with Crippen molar-refractivity contribution in [2.24, 2.45) is 154 Å². The molecule has 6 heterocycles. The van der Waals surface area contributed by atoms with E-state index in [0.717, 1.165) is 101 Å². The standard InChI is InChI=1S/C35H27N3/c1-5-13-6-2-8-16-20-18-12-4-11-14-9-3-10-17-19-15-7(1)21(5)24(13)22(6,8)26(16)29(20)30(18)31(11,36-12)38-32(14)34(30)27(17,23(9,10)37-32)28(19)25(15,21)33(24,26)35(28,29)34/h5-20,36-38H,1-4H2. The number of hydrogen-bond acceptors (Lipinski definition) is 3. The van der Waals surface area contributed by atoms with Gasteiger partial charge in [0.05, 0.1) is 11.3 Å². The van der Waals surface area contributed by atoms with E-state index in [-0.39, 0.29) is 0 Å². The Morgan fingerprint density at radius 2 is 1.08 bits per heavy atom. The first-order chi connectivity index (χ1) is 18.8. The minimum Gasteiger partial charge on any atom is -0.295 e. The Morgan fingerprint density at radius 1 is 0.395 bits per heavy atom. The van der Waals surface area contributed by atoms with Crippen molar-refractivity contribution in [3.05, 3.63) is 0 Å². The monoisotopic (exact) mass is 489 g/mol. The zero-order valence-corrected chi connectivity index (χ0v) is 21.1. The van der Waals surface area contributed by atoms with Crippen molar-refractivity contribution in [1.29, 1.82) is 0 Å². The second kappa shape index (κ2) is 2.26. The molecule has 31 atom stereocenters. The van der Waals surface area contributed by atoms with Crippen LogP contribution < -0.4 is 16.0 Å². The van der Waals surface area contributed by atoms with Crippen LogP contribution in [0.5, 0.6) is 0 Å². The van der Waals surface area contributed by atoms with Gasteiger partial charge in [-0.2, -0.15) is 0 Å². The third kappa shape index (κ3) is 0.355. The van der Waals surface area contributed by atoms with E-state index in [9.17, 15) is 0 Å². The molecule has 4 bridgehead atoms. The number of nitrogens with one attached hydrogen (secondary N) is 3. The molecule has 0 aromatic rings. The Balaban J connectivity index is 1.04. The average molecular weight is 490 g/mol. The van der Waals surface area contributed by atoms with Gasteiger partial charge < -0.3 is 0 Å². The van der Waals surface area contributed by atoms with Crippen molar-refractivity contribution < 1.29 is 0 Å². The predicted octanol–water partition coefficient (Wildman–Crippen LogP) is 1.22. The van der Waals surface area contributed by atoms with Crippen LogP contribution in [0.2, 0.25) is 0 Å². The summed E-state index contributed by atoms with van der Waals surface area (Å²) in [4.78, 5) is 0. The maximum Gasteiger partial charge on any atom is 0.0819 e. The first-order valence-corrected chi connectivity index (χ1v) is 18.1. The van der Waals surface area contributed by atoms with Crippen LogP contribution in [0.15, 0.2) is 0 Å². The van der Waals surface area contributed by atoms with Gasteiger partial charge in [-0.05, 0) is 152 Å². The lowest BCUT2D eigenvalue weighted by Gasteiger charge is -3.51. The highest BCUT2D eigenvalue weighted by molar-refractivity contribution is 6.00. The molecule has 24 rings (SSSR count). The lowest BCUT2D eigenvalue weighted by Crippen LogP contribution is -3.51. The van der Waals surface area contributed by atoms with Crippen LogP contribution in [0.1, 0.15) is 25.7 Å². The van der Waals surface area contributed by atoms with Crippen LogP contribution >= 0.6 is 0 Å². The van der Waals surface area contributed by atoms with Crippen molar-refractivity contribution in [3.8, 4) is 0 Å². The van der Waals surface area contributed by atoms with E-state index in [2.05, 4.69) is 0 Å². The maximum absolute atomic E-state index is 4.98. The molecular formula is C35H27N3. The van der Waals surface area contributed by atoms with Gasteiger partial charge >= 0.3 is 0 Å². The lowest BCUT2D eigenvalue weighted by atomic mass is 8.51. The van der Waals surface area contributed by atoms with Crippen molar-refractivity contribution >= 4 is 0 Å². The third-order valence-electron chi connectivity index (χ3n) is 28.6. The Morgan fingerprint density at radius 3 is 1.92 bits per heavy atom. The third-order valence-corrected chi connectivity index (χ3v) is 28.6. The van der Waals surface area contributed by atoms with E-state index in [1.54, 1.807) is 25.7 Å². The molecule has 3 nitrogen and oxygen atoms in total. The molecule has 18 saturated carbocycles. The highest BCUT2D eigenvalue weighted by Gasteiger charge is 3.55. The molecule has 18 aliphatic carbocycles. The molecule has 3 N–H and O–H groups in total. The molecule has 6 saturated heterocycles. The molecule has 38 heavy (non-hydrogen) atoms. The Bertz CT molecular complexity index is 2100. The molecular weight excluding hydrogens is 462 g/mol. The van der Waals surface area contributed by atoms with E-state index < -0.39 is 0 Å². The highest BCUT2D eigenvalue weighted by Crippen LogP contribution is 3.55. The summed E-state index contributed by atoms with van der Waals surface area (Å²) in [5.74, 6) is 18.3. The first kappa shape index (κ1) is 13.9. The minimum atomic E-state index is 0.420. The predicted molar refractivity (Wildman–Crippen MR) is 121 cm³/mol. The fourth-order valence-corrected chi connectivity index (χ4v) is 34.9. The molecule has 24 fully saturated rings. The molecule has 31 unspecified atom stereocenters. The van der Waals surface area contributed by atoms with E-state index in [1.807, 2.05) is 0 Å². The van der Waals surface area contributed by atoms with Gasteiger partial charge in [-0.25, -0.2) is 0 Å². The van der Waals surface area contributed by atoms with Gasteiger partial charge in [-0.1, -0.05) is 0 Å². The SMILES string of the molecule is C1C2NC34NC56NC78C(CC7C7C9C%10C%11CC%12C%13C%14CC%15C%16C%17C2C32C%173C%16%17C%14%15C%13%14C%12%11C%10%11C9%10C78C52C3%10C%14%17%11)C6C14. The zero-order chi connectivity index (χ0) is 21.7. The Labute approximate surface area is 218 Å². The van der Waals surface area contributed by atoms with Crippen LogP contribution in [0.4, 0.5) is 0 Å². The molecule has 15 spiro atoms. The van der Waals surface area contributed by atoms with Gasteiger partial charge in [0, 0.05) is 39.2 Å². The van der Waals surface area contributed by atoms with Crippen LogP contribution in [-0.2, 0) is 0 Å². The largest absolute Gasteiger partial charge is 0.295 e. The Kier molecular flexibility index (Phi) is 0.827. The summed E-state index contributed by atoms with van der Waals surface area (Å²) < 4.78 is 0. The molecule has 182 valence electrons. The van der Waals surface area contributed by atoms with Crippen molar-refractivity contribution in [1.82, 2.24) is 16.0 Å². The summed E-state index contributed by atoms with van der Waals surface area (Å²) in [7, 11) is 0. The maximum atomic E-state index is 4.98. The average Bonchev–Trinajstić information content (AvgIpc) is 3.53. The zero-order valence-electron chi connectivity index (χ0n) is 21.1. The van der Waals surface area contributed by atoms with Gasteiger partial charge in [0.15, 0.2) is 0 Å². The lowest BCUT2D eigenvalue weighted by molar-refractivity contribution is -1.07. The van der Waals surface area contributed by atoms with Crippen LogP contribution in [-0.4, -0.2) is 22.9 Å². The fraction of sp³-hybridized carbons (Fsp3) is 1.00. The number of hydrogen-bond donors (Lipinski definition) is 3. The smallest absolute Gasteiger partial charge is 0.0819 e. The summed E-state index contributed by atoms with van der Waals surface area (Å²) >= 11 is 0. The summed E-state index contributed by atoms with van der Waals surface area (Å²) in [5.41, 5.74) is 12.9.